The van der Waals surface area contributed by atoms with E-state index in [1.165, 1.54) is 0 Å². The number of rotatable bonds is 5. The molecule has 6 heteroatoms. The van der Waals surface area contributed by atoms with Crippen molar-refractivity contribution in [2.75, 3.05) is 32.7 Å². The molecule has 0 bridgehead atoms. The molecule has 0 radical (unpaired) electrons. The van der Waals surface area contributed by atoms with Crippen LogP contribution in [0.25, 0.3) is 0 Å². The Bertz CT molecular complexity index is 385. The van der Waals surface area contributed by atoms with Crippen LogP contribution < -0.4 is 5.32 Å². The van der Waals surface area contributed by atoms with Crippen LogP contribution in [0.1, 0.15) is 46.0 Å². The maximum absolute atomic E-state index is 12.8. The van der Waals surface area contributed by atoms with E-state index in [1.807, 2.05) is 13.8 Å². The number of hydrogen-bond acceptors (Lipinski definition) is 3. The van der Waals surface area contributed by atoms with Crippen LogP contribution in [0.4, 0.5) is 0 Å². The first-order valence-electron chi connectivity index (χ1n) is 7.99. The van der Waals surface area contributed by atoms with Crippen molar-refractivity contribution in [1.29, 1.82) is 0 Å². The van der Waals surface area contributed by atoms with Gasteiger partial charge >= 0.3 is 0 Å². The van der Waals surface area contributed by atoms with Gasteiger partial charge in [0.2, 0.25) is 0 Å². The van der Waals surface area contributed by atoms with E-state index in [-0.39, 0.29) is 6.04 Å². The molecule has 118 valence electrons. The summed E-state index contributed by atoms with van der Waals surface area (Å²) >= 11 is 0. The molecule has 2 aliphatic rings. The molecule has 0 aliphatic carbocycles. The molecule has 2 rings (SSSR count). The molecule has 1 atom stereocenters. The van der Waals surface area contributed by atoms with Gasteiger partial charge in [-0.15, -0.1) is 0 Å². The summed E-state index contributed by atoms with van der Waals surface area (Å²) in [5.41, 5.74) is 0. The molecule has 5 nitrogen and oxygen atoms in total. The molecule has 2 heterocycles. The monoisotopic (exact) mass is 303 g/mol. The molecule has 1 unspecified atom stereocenters. The van der Waals surface area contributed by atoms with Gasteiger partial charge in [0.25, 0.3) is 10.2 Å². The van der Waals surface area contributed by atoms with Crippen molar-refractivity contribution in [2.45, 2.75) is 52.0 Å². The molecule has 0 amide bonds. The lowest BCUT2D eigenvalue weighted by Crippen LogP contribution is -2.51. The van der Waals surface area contributed by atoms with Gasteiger partial charge in [-0.1, -0.05) is 6.42 Å². The van der Waals surface area contributed by atoms with Gasteiger partial charge < -0.3 is 5.32 Å². The highest BCUT2D eigenvalue weighted by molar-refractivity contribution is 7.86. The molecule has 2 aliphatic heterocycles. The van der Waals surface area contributed by atoms with Gasteiger partial charge in [0.15, 0.2) is 0 Å². The molecule has 20 heavy (non-hydrogen) atoms. The van der Waals surface area contributed by atoms with Crippen molar-refractivity contribution >= 4 is 10.2 Å². The van der Waals surface area contributed by atoms with Crippen LogP contribution in [0.3, 0.4) is 0 Å². The highest BCUT2D eigenvalue weighted by Crippen LogP contribution is 2.21. The van der Waals surface area contributed by atoms with Crippen LogP contribution in [-0.2, 0) is 10.2 Å². The second-order valence-corrected chi connectivity index (χ2v) is 8.22. The Morgan fingerprint density at radius 3 is 2.45 bits per heavy atom. The zero-order chi connectivity index (χ0) is 14.6. The number of piperidine rings is 2. The van der Waals surface area contributed by atoms with Gasteiger partial charge in [-0.05, 0) is 58.5 Å². The van der Waals surface area contributed by atoms with Gasteiger partial charge in [-0.3, -0.25) is 0 Å². The Balaban J connectivity index is 2.05. The largest absolute Gasteiger partial charge is 0.316 e. The Kier molecular flexibility index (Phi) is 5.84. The average molecular weight is 303 g/mol. The van der Waals surface area contributed by atoms with Crippen molar-refractivity contribution in [3.63, 3.8) is 0 Å². The van der Waals surface area contributed by atoms with Crippen LogP contribution in [0.2, 0.25) is 0 Å². The van der Waals surface area contributed by atoms with Gasteiger partial charge in [0.05, 0.1) is 0 Å². The minimum atomic E-state index is -3.28. The molecule has 0 aromatic rings. The standard InChI is InChI=1S/C14H29N3O2S/c1-13(2)17(12-14-7-6-8-15-11-14)20(18,19)16-9-4-3-5-10-16/h13-15H,3-12H2,1-2H3. The molecule has 0 saturated carbocycles. The lowest BCUT2D eigenvalue weighted by molar-refractivity contribution is 0.237. The normalized spacial score (nSPS) is 26.3. The maximum Gasteiger partial charge on any atom is 0.282 e. The zero-order valence-corrected chi connectivity index (χ0v) is 13.7. The first-order chi connectivity index (χ1) is 9.51. The number of nitrogens with zero attached hydrogens (tertiary/aromatic N) is 2. The molecule has 2 fully saturated rings. The van der Waals surface area contributed by atoms with Crippen molar-refractivity contribution in [3.8, 4) is 0 Å². The van der Waals surface area contributed by atoms with Crippen molar-refractivity contribution in [2.24, 2.45) is 5.92 Å². The van der Waals surface area contributed by atoms with E-state index in [9.17, 15) is 8.42 Å². The first-order valence-corrected chi connectivity index (χ1v) is 9.39. The third-order valence-corrected chi connectivity index (χ3v) is 6.53. The molecule has 1 N–H and O–H groups in total. The van der Waals surface area contributed by atoms with Gasteiger partial charge in [0.1, 0.15) is 0 Å². The fourth-order valence-electron chi connectivity index (χ4n) is 3.15. The summed E-state index contributed by atoms with van der Waals surface area (Å²) in [6.45, 7) is 8.01. The number of nitrogens with one attached hydrogen (secondary N) is 1. The van der Waals surface area contributed by atoms with E-state index in [1.54, 1.807) is 8.61 Å². The Hall–Kier alpha value is -0.170. The van der Waals surface area contributed by atoms with Crippen molar-refractivity contribution in [3.05, 3.63) is 0 Å². The highest BCUT2D eigenvalue weighted by Gasteiger charge is 2.34. The fourth-order valence-corrected chi connectivity index (χ4v) is 5.10. The van der Waals surface area contributed by atoms with Crippen molar-refractivity contribution < 1.29 is 8.42 Å². The maximum atomic E-state index is 12.8. The summed E-state index contributed by atoms with van der Waals surface area (Å²) in [5.74, 6) is 0.450. The fraction of sp³-hybridized carbons (Fsp3) is 1.00. The van der Waals surface area contributed by atoms with E-state index in [4.69, 9.17) is 0 Å². The van der Waals surface area contributed by atoms with E-state index in [0.29, 0.717) is 25.6 Å². The van der Waals surface area contributed by atoms with Gasteiger partial charge in [-0.25, -0.2) is 0 Å². The smallest absolute Gasteiger partial charge is 0.282 e. The van der Waals surface area contributed by atoms with Crippen LogP contribution in [0.15, 0.2) is 0 Å². The third kappa shape index (κ3) is 3.93. The molecule has 2 saturated heterocycles. The minimum absolute atomic E-state index is 0.0313. The van der Waals surface area contributed by atoms with Crippen molar-refractivity contribution in [1.82, 2.24) is 13.9 Å². The predicted octanol–water partition coefficient (Wildman–Crippen LogP) is 1.43. The topological polar surface area (TPSA) is 52.7 Å². The van der Waals surface area contributed by atoms with E-state index in [2.05, 4.69) is 5.32 Å². The molecule has 0 aromatic heterocycles. The molecule has 0 spiro atoms. The lowest BCUT2D eigenvalue weighted by Gasteiger charge is -2.36. The van der Waals surface area contributed by atoms with Crippen LogP contribution >= 0.6 is 0 Å². The quantitative estimate of drug-likeness (QED) is 0.836. The summed E-state index contributed by atoms with van der Waals surface area (Å²) in [6.07, 6.45) is 5.43. The highest BCUT2D eigenvalue weighted by atomic mass is 32.2. The lowest BCUT2D eigenvalue weighted by atomic mass is 9.99. The van der Waals surface area contributed by atoms with E-state index < -0.39 is 10.2 Å². The van der Waals surface area contributed by atoms with E-state index in [0.717, 1.165) is 45.2 Å². The second-order valence-electron chi connectivity index (χ2n) is 6.34. The number of hydrogen-bond donors (Lipinski definition) is 1. The van der Waals surface area contributed by atoms with Gasteiger partial charge in [0, 0.05) is 25.7 Å². The van der Waals surface area contributed by atoms with Crippen LogP contribution in [-0.4, -0.2) is 55.8 Å². The first kappa shape index (κ1) is 16.2. The Labute approximate surface area is 123 Å². The molecule has 0 aromatic carbocycles. The Morgan fingerprint density at radius 1 is 1.20 bits per heavy atom. The van der Waals surface area contributed by atoms with E-state index >= 15 is 0 Å². The summed E-state index contributed by atoms with van der Waals surface area (Å²) in [4.78, 5) is 0. The summed E-state index contributed by atoms with van der Waals surface area (Å²) < 4.78 is 29.1. The summed E-state index contributed by atoms with van der Waals surface area (Å²) in [5, 5.41) is 3.38. The third-order valence-electron chi connectivity index (χ3n) is 4.35. The SMILES string of the molecule is CC(C)N(CC1CCCNC1)S(=O)(=O)N1CCCCC1. The predicted molar refractivity (Wildman–Crippen MR) is 81.8 cm³/mol. The summed E-state index contributed by atoms with van der Waals surface area (Å²) in [7, 11) is -3.28. The van der Waals surface area contributed by atoms with Gasteiger partial charge in [-0.2, -0.15) is 17.0 Å². The van der Waals surface area contributed by atoms with Crippen LogP contribution in [0, 0.1) is 5.92 Å². The molecular weight excluding hydrogens is 274 g/mol. The Morgan fingerprint density at radius 2 is 1.90 bits per heavy atom. The zero-order valence-electron chi connectivity index (χ0n) is 12.8. The second kappa shape index (κ2) is 7.20. The summed E-state index contributed by atoms with van der Waals surface area (Å²) in [6, 6.07) is 0.0313. The average Bonchev–Trinajstić information content (AvgIpc) is 2.46. The van der Waals surface area contributed by atoms with Crippen LogP contribution in [0.5, 0.6) is 0 Å². The minimum Gasteiger partial charge on any atom is -0.316 e. The molecular formula is C14H29N3O2S.